The van der Waals surface area contributed by atoms with Gasteiger partial charge in [-0.1, -0.05) is 6.42 Å². The van der Waals surface area contributed by atoms with Crippen LogP contribution in [0.25, 0.3) is 0 Å². The Hall–Kier alpha value is -0.940. The Morgan fingerprint density at radius 3 is 2.94 bits per heavy atom. The number of likely N-dealkylation sites (tertiary alicyclic amines) is 1. The number of rotatable bonds is 4. The lowest BCUT2D eigenvalue weighted by molar-refractivity contribution is 0.0520. The maximum Gasteiger partial charge on any atom is 0.357 e. The van der Waals surface area contributed by atoms with Crippen LogP contribution in [0.1, 0.15) is 41.7 Å². The summed E-state index contributed by atoms with van der Waals surface area (Å²) in [4.78, 5) is 18.2. The van der Waals surface area contributed by atoms with Gasteiger partial charge >= 0.3 is 5.97 Å². The number of thiazole rings is 1. The fourth-order valence-electron chi connectivity index (χ4n) is 1.99. The molecule has 1 aliphatic rings. The van der Waals surface area contributed by atoms with Crippen LogP contribution in [-0.2, 0) is 11.3 Å². The standard InChI is InChI=1S/C12H18N2O2S/c1-2-16-12(15)10-9-17-11(13-10)8-14-6-4-3-5-7-14/h9H,2-8H2,1H3. The Kier molecular flexibility index (Phi) is 4.50. The molecule has 5 heteroatoms. The molecule has 1 saturated heterocycles. The Bertz CT molecular complexity index is 372. The Morgan fingerprint density at radius 1 is 1.47 bits per heavy atom. The lowest BCUT2D eigenvalue weighted by atomic mass is 10.1. The van der Waals surface area contributed by atoms with Crippen molar-refractivity contribution in [1.29, 1.82) is 0 Å². The van der Waals surface area contributed by atoms with E-state index in [1.165, 1.54) is 19.3 Å². The van der Waals surface area contributed by atoms with Gasteiger partial charge in [0.25, 0.3) is 0 Å². The molecule has 0 aliphatic carbocycles. The van der Waals surface area contributed by atoms with Gasteiger partial charge in [0.2, 0.25) is 0 Å². The van der Waals surface area contributed by atoms with Crippen molar-refractivity contribution < 1.29 is 9.53 Å². The summed E-state index contributed by atoms with van der Waals surface area (Å²) in [5.74, 6) is -0.311. The second-order valence-electron chi connectivity index (χ2n) is 4.18. The zero-order valence-electron chi connectivity index (χ0n) is 10.1. The highest BCUT2D eigenvalue weighted by molar-refractivity contribution is 7.09. The molecule has 1 aromatic rings. The van der Waals surface area contributed by atoms with Crippen molar-refractivity contribution in [2.45, 2.75) is 32.7 Å². The molecule has 4 nitrogen and oxygen atoms in total. The lowest BCUT2D eigenvalue weighted by Gasteiger charge is -2.25. The molecule has 1 aromatic heterocycles. The Balaban J connectivity index is 1.91. The van der Waals surface area contributed by atoms with Gasteiger partial charge in [-0.25, -0.2) is 9.78 Å². The quantitative estimate of drug-likeness (QED) is 0.773. The smallest absolute Gasteiger partial charge is 0.357 e. The van der Waals surface area contributed by atoms with Crippen LogP contribution in [0, 0.1) is 0 Å². The molecule has 0 radical (unpaired) electrons. The number of carbonyl (C=O) groups excluding carboxylic acids is 1. The molecule has 0 saturated carbocycles. The highest BCUT2D eigenvalue weighted by Gasteiger charge is 2.15. The van der Waals surface area contributed by atoms with Gasteiger partial charge in [0.15, 0.2) is 5.69 Å². The second kappa shape index (κ2) is 6.12. The summed E-state index contributed by atoms with van der Waals surface area (Å²) in [6.07, 6.45) is 3.88. The number of nitrogens with zero attached hydrogens (tertiary/aromatic N) is 2. The van der Waals surface area contributed by atoms with Gasteiger partial charge in [-0.2, -0.15) is 0 Å². The van der Waals surface area contributed by atoms with Crippen LogP contribution >= 0.6 is 11.3 Å². The molecule has 0 aromatic carbocycles. The monoisotopic (exact) mass is 254 g/mol. The van der Waals surface area contributed by atoms with Gasteiger partial charge < -0.3 is 4.74 Å². The summed E-state index contributed by atoms with van der Waals surface area (Å²) in [5, 5.41) is 2.80. The van der Waals surface area contributed by atoms with E-state index in [4.69, 9.17) is 4.74 Å². The van der Waals surface area contributed by atoms with Crippen molar-refractivity contribution in [3.05, 3.63) is 16.1 Å². The number of carbonyl (C=O) groups is 1. The molecule has 0 atom stereocenters. The zero-order chi connectivity index (χ0) is 12.1. The molecule has 0 unspecified atom stereocenters. The second-order valence-corrected chi connectivity index (χ2v) is 5.13. The molecular formula is C12H18N2O2S. The van der Waals surface area contributed by atoms with Gasteiger partial charge in [0.1, 0.15) is 5.01 Å². The molecule has 17 heavy (non-hydrogen) atoms. The van der Waals surface area contributed by atoms with Crippen LogP contribution in [0.5, 0.6) is 0 Å². The third-order valence-corrected chi connectivity index (χ3v) is 3.68. The summed E-state index contributed by atoms with van der Waals surface area (Å²) in [6, 6.07) is 0. The van der Waals surface area contributed by atoms with Crippen molar-refractivity contribution in [3.8, 4) is 0 Å². The highest BCUT2D eigenvalue weighted by Crippen LogP contribution is 2.16. The average Bonchev–Trinajstić information content (AvgIpc) is 2.79. The van der Waals surface area contributed by atoms with E-state index >= 15 is 0 Å². The fraction of sp³-hybridized carbons (Fsp3) is 0.667. The fourth-order valence-corrected chi connectivity index (χ4v) is 2.80. The molecule has 0 N–H and O–H groups in total. The minimum Gasteiger partial charge on any atom is -0.461 e. The van der Waals surface area contributed by atoms with Crippen molar-refractivity contribution >= 4 is 17.3 Å². The SMILES string of the molecule is CCOC(=O)c1csc(CN2CCCCC2)n1. The van der Waals surface area contributed by atoms with Crippen LogP contribution in [0.4, 0.5) is 0 Å². The molecule has 94 valence electrons. The molecule has 2 heterocycles. The van der Waals surface area contributed by atoms with Crippen LogP contribution in [0.3, 0.4) is 0 Å². The van der Waals surface area contributed by atoms with E-state index in [-0.39, 0.29) is 5.97 Å². The largest absolute Gasteiger partial charge is 0.461 e. The van der Waals surface area contributed by atoms with Gasteiger partial charge in [-0.15, -0.1) is 11.3 Å². The molecule has 1 aliphatic heterocycles. The highest BCUT2D eigenvalue weighted by atomic mass is 32.1. The predicted molar refractivity (Wildman–Crippen MR) is 67.2 cm³/mol. The first-order valence-electron chi connectivity index (χ1n) is 6.13. The molecule has 1 fully saturated rings. The van der Waals surface area contributed by atoms with Crippen LogP contribution in [-0.4, -0.2) is 35.5 Å². The van der Waals surface area contributed by atoms with Crippen LogP contribution in [0.15, 0.2) is 5.38 Å². The van der Waals surface area contributed by atoms with Crippen LogP contribution < -0.4 is 0 Å². The van der Waals surface area contributed by atoms with E-state index in [2.05, 4.69) is 9.88 Å². The molecule has 0 amide bonds. The summed E-state index contributed by atoms with van der Waals surface area (Å²) in [5.41, 5.74) is 0.448. The van der Waals surface area contributed by atoms with E-state index in [0.29, 0.717) is 12.3 Å². The maximum atomic E-state index is 11.5. The number of aromatic nitrogens is 1. The first-order chi connectivity index (χ1) is 8.29. The van der Waals surface area contributed by atoms with E-state index in [9.17, 15) is 4.79 Å². The minimum absolute atomic E-state index is 0.311. The Labute approximate surface area is 106 Å². The maximum absolute atomic E-state index is 11.5. The van der Waals surface area contributed by atoms with E-state index in [1.54, 1.807) is 23.6 Å². The number of hydrogen-bond acceptors (Lipinski definition) is 5. The minimum atomic E-state index is -0.311. The van der Waals surface area contributed by atoms with Gasteiger partial charge in [0.05, 0.1) is 13.2 Å². The Morgan fingerprint density at radius 2 is 2.24 bits per heavy atom. The number of piperidine rings is 1. The molecule has 2 rings (SSSR count). The average molecular weight is 254 g/mol. The third kappa shape index (κ3) is 3.51. The van der Waals surface area contributed by atoms with Gasteiger partial charge in [-0.05, 0) is 32.9 Å². The predicted octanol–water partition coefficient (Wildman–Crippen LogP) is 2.31. The van der Waals surface area contributed by atoms with Crippen molar-refractivity contribution in [1.82, 2.24) is 9.88 Å². The number of hydrogen-bond donors (Lipinski definition) is 0. The number of esters is 1. The molecule has 0 bridgehead atoms. The summed E-state index contributed by atoms with van der Waals surface area (Å²) >= 11 is 1.54. The van der Waals surface area contributed by atoms with E-state index < -0.39 is 0 Å². The van der Waals surface area contributed by atoms with Crippen molar-refractivity contribution in [2.75, 3.05) is 19.7 Å². The van der Waals surface area contributed by atoms with E-state index in [1.807, 2.05) is 0 Å². The summed E-state index contributed by atoms with van der Waals surface area (Å²) in [7, 11) is 0. The molecule has 0 spiro atoms. The topological polar surface area (TPSA) is 42.4 Å². The van der Waals surface area contributed by atoms with Gasteiger partial charge in [0, 0.05) is 5.38 Å². The number of ether oxygens (including phenoxy) is 1. The van der Waals surface area contributed by atoms with Crippen LogP contribution in [0.2, 0.25) is 0 Å². The zero-order valence-corrected chi connectivity index (χ0v) is 11.0. The van der Waals surface area contributed by atoms with Crippen molar-refractivity contribution in [2.24, 2.45) is 0 Å². The lowest BCUT2D eigenvalue weighted by Crippen LogP contribution is -2.29. The van der Waals surface area contributed by atoms with Gasteiger partial charge in [-0.3, -0.25) is 4.90 Å². The first kappa shape index (κ1) is 12.5. The normalized spacial score (nSPS) is 17.0. The third-order valence-electron chi connectivity index (χ3n) is 2.84. The van der Waals surface area contributed by atoms with E-state index in [0.717, 1.165) is 24.6 Å². The summed E-state index contributed by atoms with van der Waals surface area (Å²) < 4.78 is 4.92. The molecular weight excluding hydrogens is 236 g/mol. The van der Waals surface area contributed by atoms with Crippen molar-refractivity contribution in [3.63, 3.8) is 0 Å². The summed E-state index contributed by atoms with van der Waals surface area (Å²) in [6.45, 7) is 5.36. The first-order valence-corrected chi connectivity index (χ1v) is 7.01.